The van der Waals surface area contributed by atoms with Crippen LogP contribution in [0.2, 0.25) is 0 Å². The molecule has 0 aliphatic carbocycles. The fourth-order valence-corrected chi connectivity index (χ4v) is 1.90. The predicted octanol–water partition coefficient (Wildman–Crippen LogP) is 1.48. The topological polar surface area (TPSA) is 90.6 Å². The van der Waals surface area contributed by atoms with E-state index in [1.54, 1.807) is 0 Å². The van der Waals surface area contributed by atoms with E-state index in [-0.39, 0.29) is 15.7 Å². The number of halogens is 2. The zero-order valence-electron chi connectivity index (χ0n) is 11.6. The van der Waals surface area contributed by atoms with E-state index in [4.69, 9.17) is 15.2 Å². The molecule has 0 bridgehead atoms. The molecule has 1 aromatic rings. The van der Waals surface area contributed by atoms with E-state index < -0.39 is 23.8 Å². The van der Waals surface area contributed by atoms with Gasteiger partial charge in [-0.2, -0.15) is 0 Å². The van der Waals surface area contributed by atoms with Gasteiger partial charge in [0.15, 0.2) is 6.10 Å². The third-order valence-electron chi connectivity index (χ3n) is 2.56. The van der Waals surface area contributed by atoms with Gasteiger partial charge in [0.1, 0.15) is 5.82 Å². The summed E-state index contributed by atoms with van der Waals surface area (Å²) in [4.78, 5) is 23.6. The van der Waals surface area contributed by atoms with Gasteiger partial charge in [-0.1, -0.05) is 0 Å². The zero-order chi connectivity index (χ0) is 16.0. The highest BCUT2D eigenvalue weighted by Gasteiger charge is 2.21. The fraction of sp³-hybridized carbons (Fsp3) is 0.385. The predicted molar refractivity (Wildman–Crippen MR) is 78.3 cm³/mol. The largest absolute Gasteiger partial charge is 0.449 e. The van der Waals surface area contributed by atoms with E-state index >= 15 is 0 Å². The lowest BCUT2D eigenvalue weighted by atomic mass is 10.2. The Hall–Kier alpha value is -1.67. The Balaban J connectivity index is 2.68. The van der Waals surface area contributed by atoms with Gasteiger partial charge in [-0.25, -0.2) is 9.18 Å². The molecule has 1 atom stereocenters. The second kappa shape index (κ2) is 7.94. The lowest BCUT2D eigenvalue weighted by molar-refractivity contribution is -0.129. The zero-order valence-corrected chi connectivity index (χ0v) is 13.2. The van der Waals surface area contributed by atoms with Crippen LogP contribution in [-0.2, 0) is 14.3 Å². The van der Waals surface area contributed by atoms with E-state index in [0.717, 1.165) is 12.1 Å². The molecular weight excluding hydrogens is 347 g/mol. The molecule has 0 heterocycles. The third-order valence-corrected chi connectivity index (χ3v) is 3.22. The Kier molecular flexibility index (Phi) is 6.57. The number of esters is 1. The first kappa shape index (κ1) is 17.4. The first-order valence-electron chi connectivity index (χ1n) is 6.09. The van der Waals surface area contributed by atoms with Gasteiger partial charge in [-0.05, 0) is 35.0 Å². The number of ether oxygens (including phenoxy) is 2. The number of anilines is 1. The number of nitrogens with two attached hydrogens (primary N) is 1. The maximum Gasteiger partial charge on any atom is 0.340 e. The van der Waals surface area contributed by atoms with Gasteiger partial charge in [-0.15, -0.1) is 0 Å². The maximum atomic E-state index is 13.2. The number of carbonyl (C=O) groups excluding carboxylic acids is 2. The first-order chi connectivity index (χ1) is 9.86. The summed E-state index contributed by atoms with van der Waals surface area (Å²) in [5.41, 5.74) is 5.27. The molecule has 6 nitrogen and oxygen atoms in total. The van der Waals surface area contributed by atoms with Crippen molar-refractivity contribution in [3.05, 3.63) is 28.0 Å². The maximum absolute atomic E-state index is 13.2. The SMILES string of the molecule is COCCNC(=O)C(C)OC(=O)c1cc(N)c(F)cc1Br. The van der Waals surface area contributed by atoms with Crippen LogP contribution in [-0.4, -0.2) is 38.2 Å². The second-order valence-electron chi connectivity index (χ2n) is 4.18. The molecule has 0 spiro atoms. The Bertz CT molecular complexity index is 539. The molecule has 1 rings (SSSR count). The highest BCUT2D eigenvalue weighted by atomic mass is 79.9. The summed E-state index contributed by atoms with van der Waals surface area (Å²) >= 11 is 3.05. The van der Waals surface area contributed by atoms with Crippen LogP contribution < -0.4 is 11.1 Å². The van der Waals surface area contributed by atoms with Gasteiger partial charge in [0, 0.05) is 18.1 Å². The number of hydrogen-bond donors (Lipinski definition) is 2. The van der Waals surface area contributed by atoms with Crippen molar-refractivity contribution < 1.29 is 23.5 Å². The van der Waals surface area contributed by atoms with Crippen LogP contribution in [0.25, 0.3) is 0 Å². The van der Waals surface area contributed by atoms with Crippen molar-refractivity contribution in [2.24, 2.45) is 0 Å². The minimum absolute atomic E-state index is 0.0467. The smallest absolute Gasteiger partial charge is 0.340 e. The molecule has 0 aliphatic rings. The van der Waals surface area contributed by atoms with E-state index in [9.17, 15) is 14.0 Å². The molecule has 1 aromatic carbocycles. The van der Waals surface area contributed by atoms with Crippen LogP contribution >= 0.6 is 15.9 Å². The number of methoxy groups -OCH3 is 1. The van der Waals surface area contributed by atoms with Gasteiger partial charge in [0.25, 0.3) is 5.91 Å². The summed E-state index contributed by atoms with van der Waals surface area (Å²) in [5, 5.41) is 2.54. The molecule has 0 saturated carbocycles. The van der Waals surface area contributed by atoms with Crippen LogP contribution in [0, 0.1) is 5.82 Å². The molecule has 116 valence electrons. The highest BCUT2D eigenvalue weighted by molar-refractivity contribution is 9.10. The van der Waals surface area contributed by atoms with E-state index in [1.165, 1.54) is 14.0 Å². The van der Waals surface area contributed by atoms with Crippen LogP contribution in [0.15, 0.2) is 16.6 Å². The number of benzene rings is 1. The molecule has 8 heteroatoms. The van der Waals surface area contributed by atoms with Crippen molar-refractivity contribution in [3.8, 4) is 0 Å². The van der Waals surface area contributed by atoms with Crippen molar-refractivity contribution >= 4 is 33.5 Å². The quantitative estimate of drug-likeness (QED) is 0.454. The Morgan fingerprint density at radius 2 is 2.14 bits per heavy atom. The molecular formula is C13H16BrFN2O4. The summed E-state index contributed by atoms with van der Waals surface area (Å²) in [6, 6.07) is 2.21. The summed E-state index contributed by atoms with van der Waals surface area (Å²) < 4.78 is 23.2. The van der Waals surface area contributed by atoms with Crippen LogP contribution in [0.3, 0.4) is 0 Å². The van der Waals surface area contributed by atoms with Crippen molar-refractivity contribution in [3.63, 3.8) is 0 Å². The summed E-state index contributed by atoms with van der Waals surface area (Å²) in [6.07, 6.45) is -0.993. The van der Waals surface area contributed by atoms with E-state index in [0.29, 0.717) is 13.2 Å². The van der Waals surface area contributed by atoms with Crippen LogP contribution in [0.1, 0.15) is 17.3 Å². The van der Waals surface area contributed by atoms with Gasteiger partial charge < -0.3 is 20.5 Å². The minimum atomic E-state index is -0.993. The van der Waals surface area contributed by atoms with E-state index in [2.05, 4.69) is 21.2 Å². The molecule has 3 N–H and O–H groups in total. The normalized spacial score (nSPS) is 11.8. The molecule has 0 aromatic heterocycles. The number of rotatable bonds is 6. The van der Waals surface area contributed by atoms with Crippen molar-refractivity contribution in [2.75, 3.05) is 26.0 Å². The summed E-state index contributed by atoms with van der Waals surface area (Å²) in [5.74, 6) is -1.88. The lowest BCUT2D eigenvalue weighted by Gasteiger charge is -2.14. The monoisotopic (exact) mass is 362 g/mol. The van der Waals surface area contributed by atoms with Crippen LogP contribution in [0.5, 0.6) is 0 Å². The number of carbonyl (C=O) groups is 2. The lowest BCUT2D eigenvalue weighted by Crippen LogP contribution is -2.37. The van der Waals surface area contributed by atoms with E-state index in [1.807, 2.05) is 0 Å². The van der Waals surface area contributed by atoms with Gasteiger partial charge >= 0.3 is 5.97 Å². The minimum Gasteiger partial charge on any atom is -0.449 e. The highest BCUT2D eigenvalue weighted by Crippen LogP contribution is 2.23. The van der Waals surface area contributed by atoms with Gasteiger partial charge in [0.2, 0.25) is 0 Å². The second-order valence-corrected chi connectivity index (χ2v) is 5.04. The average molecular weight is 363 g/mol. The first-order valence-corrected chi connectivity index (χ1v) is 6.88. The molecule has 21 heavy (non-hydrogen) atoms. The average Bonchev–Trinajstić information content (AvgIpc) is 2.42. The standard InChI is InChI=1S/C13H16BrFN2O4/c1-7(12(18)17-3-4-20-2)21-13(19)8-5-11(16)10(15)6-9(8)14/h5-7H,3-4,16H2,1-2H3,(H,17,18). The van der Waals surface area contributed by atoms with Crippen molar-refractivity contribution in [2.45, 2.75) is 13.0 Å². The van der Waals surface area contributed by atoms with Gasteiger partial charge in [0.05, 0.1) is 17.9 Å². The van der Waals surface area contributed by atoms with Crippen molar-refractivity contribution in [1.29, 1.82) is 0 Å². The Morgan fingerprint density at radius 1 is 1.48 bits per heavy atom. The summed E-state index contributed by atoms with van der Waals surface area (Å²) in [6.45, 7) is 2.09. The molecule has 0 saturated heterocycles. The number of nitrogens with one attached hydrogen (secondary N) is 1. The van der Waals surface area contributed by atoms with Crippen LogP contribution in [0.4, 0.5) is 10.1 Å². The van der Waals surface area contributed by atoms with Crippen molar-refractivity contribution in [1.82, 2.24) is 5.32 Å². The molecule has 1 amide bonds. The molecule has 0 radical (unpaired) electrons. The number of nitrogen functional groups attached to an aromatic ring is 1. The Morgan fingerprint density at radius 3 is 2.76 bits per heavy atom. The Labute approximate surface area is 129 Å². The fourth-order valence-electron chi connectivity index (χ4n) is 1.42. The molecule has 0 fully saturated rings. The number of amides is 1. The third kappa shape index (κ3) is 4.98. The molecule has 0 aliphatic heterocycles. The molecule has 1 unspecified atom stereocenters. The van der Waals surface area contributed by atoms with Gasteiger partial charge in [-0.3, -0.25) is 4.79 Å². The number of hydrogen-bond acceptors (Lipinski definition) is 5. The summed E-state index contributed by atoms with van der Waals surface area (Å²) in [7, 11) is 1.51.